The van der Waals surface area contributed by atoms with Crippen molar-refractivity contribution in [3.05, 3.63) is 54.6 Å². The number of para-hydroxylation sites is 3. The molecule has 0 heterocycles. The predicted molar refractivity (Wildman–Crippen MR) is 96.5 cm³/mol. The van der Waals surface area contributed by atoms with E-state index >= 15 is 0 Å². The van der Waals surface area contributed by atoms with Gasteiger partial charge in [-0.2, -0.15) is 0 Å². The fourth-order valence-corrected chi connectivity index (χ4v) is 2.65. The molecule has 0 aromatic heterocycles. The Kier molecular flexibility index (Phi) is 5.33. The summed E-state index contributed by atoms with van der Waals surface area (Å²) in [5, 5.41) is 5.73. The molecule has 130 valence electrons. The first-order valence-corrected chi connectivity index (χ1v) is 8.59. The Bertz CT molecular complexity index is 746. The Morgan fingerprint density at radius 1 is 1.00 bits per heavy atom. The molecule has 0 aliphatic heterocycles. The molecule has 2 N–H and O–H groups in total. The zero-order valence-corrected chi connectivity index (χ0v) is 14.2. The molecule has 2 aromatic carbocycles. The summed E-state index contributed by atoms with van der Waals surface area (Å²) in [5.41, 5.74) is 0.607. The molecule has 0 saturated heterocycles. The van der Waals surface area contributed by atoms with Crippen molar-refractivity contribution in [2.45, 2.75) is 19.8 Å². The normalized spacial score (nSPS) is 18.3. The van der Waals surface area contributed by atoms with Crippen LogP contribution in [0.25, 0.3) is 0 Å². The quantitative estimate of drug-likeness (QED) is 0.811. The number of nitrogens with one attached hydrogen (secondary N) is 2. The summed E-state index contributed by atoms with van der Waals surface area (Å²) in [6.45, 7) is 2.65. The van der Waals surface area contributed by atoms with Crippen LogP contribution in [0.1, 0.15) is 19.8 Å². The Morgan fingerprint density at radius 2 is 1.68 bits per heavy atom. The lowest BCUT2D eigenvalue weighted by Gasteiger charge is -2.12. The van der Waals surface area contributed by atoms with Gasteiger partial charge in [0.25, 0.3) is 0 Å². The third kappa shape index (κ3) is 4.38. The lowest BCUT2D eigenvalue weighted by Crippen LogP contribution is -2.28. The van der Waals surface area contributed by atoms with E-state index in [9.17, 15) is 9.59 Å². The van der Waals surface area contributed by atoms with Gasteiger partial charge in [-0.25, -0.2) is 0 Å². The number of carbonyl (C=O) groups excluding carboxylic acids is 2. The Labute approximate surface area is 147 Å². The monoisotopic (exact) mass is 338 g/mol. The second-order valence-corrected chi connectivity index (χ2v) is 6.14. The van der Waals surface area contributed by atoms with Crippen LogP contribution in [-0.2, 0) is 9.59 Å². The van der Waals surface area contributed by atoms with Crippen LogP contribution in [0.4, 0.5) is 5.69 Å². The molecule has 1 aliphatic rings. The number of amides is 2. The smallest absolute Gasteiger partial charge is 0.228 e. The van der Waals surface area contributed by atoms with E-state index < -0.39 is 0 Å². The minimum absolute atomic E-state index is 0.0316. The number of carbonyl (C=O) groups is 2. The largest absolute Gasteiger partial charge is 0.455 e. The first-order chi connectivity index (χ1) is 12.2. The SMILES string of the molecule is CCCNC(=O)C1CC1C(=O)Nc1ccccc1Oc1ccccc1. The highest BCUT2D eigenvalue weighted by Crippen LogP contribution is 2.40. The van der Waals surface area contributed by atoms with E-state index in [1.807, 2.05) is 49.4 Å². The molecule has 5 nitrogen and oxygen atoms in total. The lowest BCUT2D eigenvalue weighted by molar-refractivity contribution is -0.125. The number of hydrogen-bond donors (Lipinski definition) is 2. The van der Waals surface area contributed by atoms with E-state index in [4.69, 9.17) is 4.74 Å². The molecular formula is C20H22N2O3. The third-order valence-electron chi connectivity index (χ3n) is 4.13. The van der Waals surface area contributed by atoms with Gasteiger partial charge in [-0.15, -0.1) is 0 Å². The summed E-state index contributed by atoms with van der Waals surface area (Å²) in [6, 6.07) is 16.7. The summed E-state index contributed by atoms with van der Waals surface area (Å²) in [7, 11) is 0. The number of rotatable bonds is 7. The predicted octanol–water partition coefficient (Wildman–Crippen LogP) is 3.58. The highest BCUT2D eigenvalue weighted by atomic mass is 16.5. The maximum atomic E-state index is 12.4. The molecule has 2 unspecified atom stereocenters. The summed E-state index contributed by atoms with van der Waals surface area (Å²) < 4.78 is 5.84. The van der Waals surface area contributed by atoms with Gasteiger partial charge in [0.15, 0.2) is 5.75 Å². The number of hydrogen-bond acceptors (Lipinski definition) is 3. The topological polar surface area (TPSA) is 67.4 Å². The minimum atomic E-state index is -0.262. The standard InChI is InChI=1S/C20H22N2O3/c1-2-12-21-19(23)15-13-16(15)20(24)22-17-10-6-7-11-18(17)25-14-8-4-3-5-9-14/h3-11,15-16H,2,12-13H2,1H3,(H,21,23)(H,22,24). The molecule has 1 saturated carbocycles. The van der Waals surface area contributed by atoms with Gasteiger partial charge in [-0.1, -0.05) is 37.3 Å². The molecule has 2 aromatic rings. The van der Waals surface area contributed by atoms with Crippen LogP contribution >= 0.6 is 0 Å². The maximum Gasteiger partial charge on any atom is 0.228 e. The second-order valence-electron chi connectivity index (χ2n) is 6.14. The van der Waals surface area contributed by atoms with Crippen LogP contribution in [0, 0.1) is 11.8 Å². The average molecular weight is 338 g/mol. The summed E-state index contributed by atoms with van der Waals surface area (Å²) in [6.07, 6.45) is 1.49. The Balaban J connectivity index is 1.62. The van der Waals surface area contributed by atoms with E-state index in [-0.39, 0.29) is 23.7 Å². The molecule has 1 fully saturated rings. The molecule has 0 radical (unpaired) electrons. The zero-order chi connectivity index (χ0) is 17.6. The van der Waals surface area contributed by atoms with E-state index in [0.29, 0.717) is 30.2 Å². The van der Waals surface area contributed by atoms with Crippen molar-refractivity contribution in [1.29, 1.82) is 0 Å². The molecule has 5 heteroatoms. The molecule has 2 amide bonds. The van der Waals surface area contributed by atoms with E-state index in [2.05, 4.69) is 10.6 Å². The van der Waals surface area contributed by atoms with E-state index in [1.54, 1.807) is 12.1 Å². The van der Waals surface area contributed by atoms with Gasteiger partial charge in [0.05, 0.1) is 17.5 Å². The molecule has 1 aliphatic carbocycles. The Morgan fingerprint density at radius 3 is 2.44 bits per heavy atom. The van der Waals surface area contributed by atoms with Crippen LogP contribution in [0.3, 0.4) is 0 Å². The van der Waals surface area contributed by atoms with Gasteiger partial charge in [0.2, 0.25) is 11.8 Å². The number of anilines is 1. The molecule has 2 atom stereocenters. The van der Waals surface area contributed by atoms with Crippen molar-refractivity contribution >= 4 is 17.5 Å². The van der Waals surface area contributed by atoms with Gasteiger partial charge in [-0.05, 0) is 37.1 Å². The van der Waals surface area contributed by atoms with Crippen LogP contribution in [0.5, 0.6) is 11.5 Å². The second kappa shape index (κ2) is 7.83. The van der Waals surface area contributed by atoms with Crippen molar-refractivity contribution < 1.29 is 14.3 Å². The van der Waals surface area contributed by atoms with Gasteiger partial charge < -0.3 is 15.4 Å². The van der Waals surface area contributed by atoms with Crippen LogP contribution < -0.4 is 15.4 Å². The summed E-state index contributed by atoms with van der Waals surface area (Å²) >= 11 is 0. The van der Waals surface area contributed by atoms with Crippen LogP contribution in [0.15, 0.2) is 54.6 Å². The third-order valence-corrected chi connectivity index (χ3v) is 4.13. The highest BCUT2D eigenvalue weighted by molar-refractivity contribution is 6.00. The van der Waals surface area contributed by atoms with Crippen LogP contribution in [-0.4, -0.2) is 18.4 Å². The summed E-state index contributed by atoms with van der Waals surface area (Å²) in [4.78, 5) is 24.3. The first-order valence-electron chi connectivity index (χ1n) is 8.59. The zero-order valence-electron chi connectivity index (χ0n) is 14.2. The molecule has 25 heavy (non-hydrogen) atoms. The lowest BCUT2D eigenvalue weighted by atomic mass is 10.2. The van der Waals surface area contributed by atoms with Crippen LogP contribution in [0.2, 0.25) is 0 Å². The Hall–Kier alpha value is -2.82. The highest BCUT2D eigenvalue weighted by Gasteiger charge is 2.47. The van der Waals surface area contributed by atoms with Crippen molar-refractivity contribution in [1.82, 2.24) is 5.32 Å². The van der Waals surface area contributed by atoms with E-state index in [1.165, 1.54) is 0 Å². The number of ether oxygens (including phenoxy) is 1. The molecule has 0 spiro atoms. The van der Waals surface area contributed by atoms with Crippen molar-refractivity contribution in [3.63, 3.8) is 0 Å². The molecule has 3 rings (SSSR count). The average Bonchev–Trinajstić information content (AvgIpc) is 3.43. The van der Waals surface area contributed by atoms with Crippen molar-refractivity contribution in [2.24, 2.45) is 11.8 Å². The maximum absolute atomic E-state index is 12.4. The van der Waals surface area contributed by atoms with Gasteiger partial charge >= 0.3 is 0 Å². The van der Waals surface area contributed by atoms with Gasteiger partial charge in [0, 0.05) is 6.54 Å². The van der Waals surface area contributed by atoms with E-state index in [0.717, 1.165) is 6.42 Å². The van der Waals surface area contributed by atoms with Crippen molar-refractivity contribution in [2.75, 3.05) is 11.9 Å². The van der Waals surface area contributed by atoms with Crippen molar-refractivity contribution in [3.8, 4) is 11.5 Å². The van der Waals surface area contributed by atoms with Gasteiger partial charge in [-0.3, -0.25) is 9.59 Å². The summed E-state index contributed by atoms with van der Waals surface area (Å²) in [5.74, 6) is 0.633. The molecule has 0 bridgehead atoms. The number of benzene rings is 2. The fraction of sp³-hybridized carbons (Fsp3) is 0.300. The molecular weight excluding hydrogens is 316 g/mol. The minimum Gasteiger partial charge on any atom is -0.455 e. The fourth-order valence-electron chi connectivity index (χ4n) is 2.65. The first kappa shape index (κ1) is 17.0. The van der Waals surface area contributed by atoms with Gasteiger partial charge in [0.1, 0.15) is 5.75 Å².